The highest BCUT2D eigenvalue weighted by Crippen LogP contribution is 2.32. The van der Waals surface area contributed by atoms with Crippen molar-refractivity contribution in [2.75, 3.05) is 0 Å². The van der Waals surface area contributed by atoms with E-state index >= 15 is 0 Å². The first-order chi connectivity index (χ1) is 7.20. The van der Waals surface area contributed by atoms with E-state index in [0.29, 0.717) is 5.69 Å². The fraction of sp³-hybridized carbons (Fsp3) is 0.250. The van der Waals surface area contributed by atoms with Gasteiger partial charge in [0.25, 0.3) is 0 Å². The summed E-state index contributed by atoms with van der Waals surface area (Å²) in [6.45, 7) is 4.03. The van der Waals surface area contributed by atoms with Crippen molar-refractivity contribution in [2.24, 2.45) is 0 Å². The maximum absolute atomic E-state index is 9.96. The second kappa shape index (κ2) is 3.77. The molecular weight excluding hydrogens is 188 g/mol. The largest absolute Gasteiger partial charge is 0.504 e. The fourth-order valence-corrected chi connectivity index (χ4v) is 1.55. The Balaban J connectivity index is 2.47. The highest BCUT2D eigenvalue weighted by atomic mass is 16.3. The first kappa shape index (κ1) is 9.77. The molecule has 0 aliphatic carbocycles. The summed E-state index contributed by atoms with van der Waals surface area (Å²) in [5, 5.41) is 17.0. The van der Waals surface area contributed by atoms with Gasteiger partial charge < -0.3 is 5.11 Å². The second-order valence-corrected chi connectivity index (χ2v) is 3.86. The molecule has 1 aromatic heterocycles. The smallest absolute Gasteiger partial charge is 0.164 e. The molecule has 0 atom stereocenters. The number of hydrogen-bond acceptors (Lipinski definition) is 2. The number of hydrogen-bond donors (Lipinski definition) is 2. The maximum atomic E-state index is 9.96. The van der Waals surface area contributed by atoms with Gasteiger partial charge in [0.15, 0.2) is 5.75 Å². The van der Waals surface area contributed by atoms with Gasteiger partial charge in [0.05, 0.1) is 5.69 Å². The van der Waals surface area contributed by atoms with Crippen LogP contribution < -0.4 is 0 Å². The molecule has 2 N–H and O–H groups in total. The average Bonchev–Trinajstić information content (AvgIpc) is 2.61. The van der Waals surface area contributed by atoms with Crippen LogP contribution in [0.15, 0.2) is 30.3 Å². The zero-order valence-corrected chi connectivity index (χ0v) is 8.86. The molecule has 1 aromatic carbocycles. The summed E-state index contributed by atoms with van der Waals surface area (Å²) in [5.41, 5.74) is 2.34. The van der Waals surface area contributed by atoms with Gasteiger partial charge in [-0.2, -0.15) is 5.10 Å². The van der Waals surface area contributed by atoms with Crippen molar-refractivity contribution in [3.05, 3.63) is 36.0 Å². The highest BCUT2D eigenvalue weighted by Gasteiger charge is 2.15. The molecule has 0 fully saturated rings. The molecule has 0 saturated heterocycles. The molecule has 0 unspecified atom stereocenters. The molecule has 0 aliphatic rings. The van der Waals surface area contributed by atoms with Gasteiger partial charge in [0, 0.05) is 5.56 Å². The van der Waals surface area contributed by atoms with Crippen LogP contribution in [0.5, 0.6) is 5.75 Å². The van der Waals surface area contributed by atoms with E-state index in [1.165, 1.54) is 0 Å². The van der Waals surface area contributed by atoms with Crippen LogP contribution in [0.3, 0.4) is 0 Å². The third-order valence-electron chi connectivity index (χ3n) is 2.39. The summed E-state index contributed by atoms with van der Waals surface area (Å²) in [6, 6.07) is 9.66. The summed E-state index contributed by atoms with van der Waals surface area (Å²) >= 11 is 0. The van der Waals surface area contributed by atoms with Crippen LogP contribution in [0.25, 0.3) is 11.3 Å². The van der Waals surface area contributed by atoms with Gasteiger partial charge in [-0.25, -0.2) is 0 Å². The van der Waals surface area contributed by atoms with Gasteiger partial charge in [-0.15, -0.1) is 0 Å². The lowest BCUT2D eigenvalue weighted by Crippen LogP contribution is -1.86. The zero-order valence-electron chi connectivity index (χ0n) is 8.86. The van der Waals surface area contributed by atoms with Crippen LogP contribution >= 0.6 is 0 Å². The van der Waals surface area contributed by atoms with Gasteiger partial charge >= 0.3 is 0 Å². The summed E-state index contributed by atoms with van der Waals surface area (Å²) in [4.78, 5) is 0. The van der Waals surface area contributed by atoms with Crippen molar-refractivity contribution in [1.29, 1.82) is 0 Å². The number of rotatable bonds is 2. The maximum Gasteiger partial charge on any atom is 0.164 e. The minimum atomic E-state index is 0.245. The van der Waals surface area contributed by atoms with Gasteiger partial charge in [-0.05, 0) is 5.92 Å². The topological polar surface area (TPSA) is 48.9 Å². The molecule has 0 aliphatic heterocycles. The predicted octanol–water partition coefficient (Wildman–Crippen LogP) is 2.91. The lowest BCUT2D eigenvalue weighted by atomic mass is 10.1. The lowest BCUT2D eigenvalue weighted by Gasteiger charge is -2.01. The normalized spacial score (nSPS) is 10.9. The van der Waals surface area contributed by atoms with Crippen LogP contribution in [-0.4, -0.2) is 15.3 Å². The van der Waals surface area contributed by atoms with Crippen LogP contribution in [0, 0.1) is 0 Å². The van der Waals surface area contributed by atoms with E-state index in [-0.39, 0.29) is 11.7 Å². The molecule has 3 nitrogen and oxygen atoms in total. The van der Waals surface area contributed by atoms with Crippen molar-refractivity contribution < 1.29 is 5.11 Å². The zero-order chi connectivity index (χ0) is 10.8. The van der Waals surface area contributed by atoms with Crippen molar-refractivity contribution in [1.82, 2.24) is 10.2 Å². The minimum Gasteiger partial charge on any atom is -0.504 e. The Bertz CT molecular complexity index is 446. The predicted molar refractivity (Wildman–Crippen MR) is 59.8 cm³/mol. The Morgan fingerprint density at radius 3 is 2.40 bits per heavy atom. The number of H-pyrrole nitrogens is 1. The summed E-state index contributed by atoms with van der Waals surface area (Å²) in [7, 11) is 0. The summed E-state index contributed by atoms with van der Waals surface area (Å²) in [6.07, 6.45) is 0. The van der Waals surface area contributed by atoms with E-state index < -0.39 is 0 Å². The quantitative estimate of drug-likeness (QED) is 0.786. The molecule has 15 heavy (non-hydrogen) atoms. The molecule has 78 valence electrons. The van der Waals surface area contributed by atoms with E-state index in [4.69, 9.17) is 0 Å². The van der Waals surface area contributed by atoms with Crippen molar-refractivity contribution in [2.45, 2.75) is 19.8 Å². The number of benzene rings is 1. The molecule has 0 saturated carbocycles. The Labute approximate surface area is 88.8 Å². The first-order valence-corrected chi connectivity index (χ1v) is 5.02. The van der Waals surface area contributed by atoms with E-state index in [2.05, 4.69) is 10.2 Å². The number of aromatic nitrogens is 2. The van der Waals surface area contributed by atoms with Gasteiger partial charge in [0.2, 0.25) is 0 Å². The van der Waals surface area contributed by atoms with E-state index in [0.717, 1.165) is 11.3 Å². The Kier molecular flexibility index (Phi) is 2.46. The van der Waals surface area contributed by atoms with Crippen molar-refractivity contribution >= 4 is 0 Å². The number of aromatic amines is 1. The van der Waals surface area contributed by atoms with Crippen LogP contribution in [0.1, 0.15) is 25.5 Å². The monoisotopic (exact) mass is 202 g/mol. The van der Waals surface area contributed by atoms with Gasteiger partial charge in [-0.1, -0.05) is 44.2 Å². The third-order valence-corrected chi connectivity index (χ3v) is 2.39. The standard InChI is InChI=1S/C12H14N2O/c1-8(2)10-12(15)11(14-13-10)9-6-4-3-5-7-9/h3-8,15H,1-2H3,(H,13,14). The van der Waals surface area contributed by atoms with Gasteiger partial charge in [-0.3, -0.25) is 5.10 Å². The highest BCUT2D eigenvalue weighted by molar-refractivity contribution is 5.66. The molecule has 3 heteroatoms. The van der Waals surface area contributed by atoms with E-state index in [9.17, 15) is 5.11 Å². The van der Waals surface area contributed by atoms with Crippen LogP contribution in [0.2, 0.25) is 0 Å². The van der Waals surface area contributed by atoms with E-state index in [1.54, 1.807) is 0 Å². The van der Waals surface area contributed by atoms with Crippen molar-refractivity contribution in [3.63, 3.8) is 0 Å². The fourth-order valence-electron chi connectivity index (χ4n) is 1.55. The summed E-state index contributed by atoms with van der Waals surface area (Å²) < 4.78 is 0. The SMILES string of the molecule is CC(C)c1[nH]nc(-c2ccccc2)c1O. The Hall–Kier alpha value is -1.77. The lowest BCUT2D eigenvalue weighted by molar-refractivity contribution is 0.466. The molecule has 0 radical (unpaired) electrons. The molecule has 0 amide bonds. The first-order valence-electron chi connectivity index (χ1n) is 5.02. The molecular formula is C12H14N2O. The Morgan fingerprint density at radius 1 is 1.20 bits per heavy atom. The molecule has 2 aromatic rings. The number of nitrogens with zero attached hydrogens (tertiary/aromatic N) is 1. The average molecular weight is 202 g/mol. The Morgan fingerprint density at radius 2 is 1.87 bits per heavy atom. The minimum absolute atomic E-state index is 0.245. The molecule has 1 heterocycles. The van der Waals surface area contributed by atoms with Crippen molar-refractivity contribution in [3.8, 4) is 17.0 Å². The van der Waals surface area contributed by atoms with Crippen LogP contribution in [0.4, 0.5) is 0 Å². The second-order valence-electron chi connectivity index (χ2n) is 3.86. The molecule has 0 spiro atoms. The van der Waals surface area contributed by atoms with Gasteiger partial charge in [0.1, 0.15) is 5.69 Å². The third kappa shape index (κ3) is 1.73. The number of nitrogens with one attached hydrogen (secondary N) is 1. The summed E-state index contributed by atoms with van der Waals surface area (Å²) in [5.74, 6) is 0.506. The number of aromatic hydroxyl groups is 1. The molecule has 2 rings (SSSR count). The van der Waals surface area contributed by atoms with E-state index in [1.807, 2.05) is 44.2 Å². The molecule has 0 bridgehead atoms. The van der Waals surface area contributed by atoms with Crippen LogP contribution in [-0.2, 0) is 0 Å².